The molecular formula is C12H11NO. The van der Waals surface area contributed by atoms with E-state index in [1.807, 2.05) is 18.5 Å². The quantitative estimate of drug-likeness (QED) is 0.670. The first-order valence-electron chi connectivity index (χ1n) is 4.87. The third kappa shape index (κ3) is 1.38. The molecule has 1 saturated heterocycles. The van der Waals surface area contributed by atoms with E-state index >= 15 is 0 Å². The van der Waals surface area contributed by atoms with Crippen LogP contribution in [0.15, 0.2) is 36.7 Å². The van der Waals surface area contributed by atoms with Crippen LogP contribution in [0, 0.1) is 0 Å². The topological polar surface area (TPSA) is 25.4 Å². The summed E-state index contributed by atoms with van der Waals surface area (Å²) in [6.07, 6.45) is 5.23. The molecule has 2 nitrogen and oxygen atoms in total. The molecule has 1 aromatic heterocycles. The number of ether oxygens (including phenoxy) is 1. The molecule has 0 radical (unpaired) electrons. The zero-order valence-electron chi connectivity index (χ0n) is 7.81. The van der Waals surface area contributed by atoms with Crippen LogP contribution in [-0.2, 0) is 11.2 Å². The smallest absolute Gasteiger partial charge is 0.0850 e. The molecule has 0 spiro atoms. The van der Waals surface area contributed by atoms with Crippen LogP contribution in [0.2, 0.25) is 0 Å². The Morgan fingerprint density at radius 1 is 1.36 bits per heavy atom. The molecule has 3 rings (SSSR count). The number of benzene rings is 1. The maximum Gasteiger partial charge on any atom is 0.0850 e. The summed E-state index contributed by atoms with van der Waals surface area (Å²) in [6.45, 7) is 0.913. The number of rotatable bonds is 2. The molecular weight excluding hydrogens is 174 g/mol. The Balaban J connectivity index is 2.11. The van der Waals surface area contributed by atoms with E-state index in [0.717, 1.165) is 13.0 Å². The van der Waals surface area contributed by atoms with E-state index in [9.17, 15) is 0 Å². The summed E-state index contributed by atoms with van der Waals surface area (Å²) >= 11 is 0. The van der Waals surface area contributed by atoms with Crippen molar-refractivity contribution in [3.63, 3.8) is 0 Å². The monoisotopic (exact) mass is 185 g/mol. The van der Waals surface area contributed by atoms with Crippen molar-refractivity contribution in [2.24, 2.45) is 0 Å². The Morgan fingerprint density at radius 2 is 2.29 bits per heavy atom. The standard InChI is InChI=1S/C12H11NO/c1-2-9-4-5-13-7-12(9)10(3-1)6-11-8-14-11/h1-5,7,11H,6,8H2. The van der Waals surface area contributed by atoms with E-state index in [1.165, 1.54) is 16.3 Å². The maximum atomic E-state index is 5.24. The van der Waals surface area contributed by atoms with Crippen molar-refractivity contribution in [1.82, 2.24) is 4.98 Å². The largest absolute Gasteiger partial charge is 0.373 e. The van der Waals surface area contributed by atoms with Crippen LogP contribution in [0.25, 0.3) is 10.8 Å². The van der Waals surface area contributed by atoms with E-state index < -0.39 is 0 Å². The predicted molar refractivity (Wildman–Crippen MR) is 55.2 cm³/mol. The van der Waals surface area contributed by atoms with Gasteiger partial charge in [0.25, 0.3) is 0 Å². The van der Waals surface area contributed by atoms with Crippen LogP contribution in [0.3, 0.4) is 0 Å². The summed E-state index contributed by atoms with van der Waals surface area (Å²) in [7, 11) is 0. The second-order valence-electron chi connectivity index (χ2n) is 3.67. The zero-order chi connectivity index (χ0) is 9.38. The number of pyridine rings is 1. The minimum Gasteiger partial charge on any atom is -0.373 e. The second kappa shape index (κ2) is 3.07. The summed E-state index contributed by atoms with van der Waals surface area (Å²) in [4.78, 5) is 4.16. The maximum absolute atomic E-state index is 5.24. The molecule has 1 unspecified atom stereocenters. The normalized spacial score (nSPS) is 19.9. The Hall–Kier alpha value is -1.41. The third-order valence-electron chi connectivity index (χ3n) is 2.62. The van der Waals surface area contributed by atoms with Crippen LogP contribution in [0.4, 0.5) is 0 Å². The van der Waals surface area contributed by atoms with Gasteiger partial charge >= 0.3 is 0 Å². The van der Waals surface area contributed by atoms with Crippen LogP contribution in [0.5, 0.6) is 0 Å². The Kier molecular flexibility index (Phi) is 1.74. The lowest BCUT2D eigenvalue weighted by atomic mass is 10.0. The summed E-state index contributed by atoms with van der Waals surface area (Å²) in [5, 5.41) is 2.52. The molecule has 0 aliphatic carbocycles. The van der Waals surface area contributed by atoms with E-state index in [1.54, 1.807) is 0 Å². The Labute approximate surface area is 82.5 Å². The first-order chi connectivity index (χ1) is 6.93. The number of hydrogen-bond donors (Lipinski definition) is 0. The van der Waals surface area contributed by atoms with Crippen molar-refractivity contribution in [3.05, 3.63) is 42.2 Å². The first-order valence-corrected chi connectivity index (χ1v) is 4.87. The highest BCUT2D eigenvalue weighted by Crippen LogP contribution is 2.22. The average molecular weight is 185 g/mol. The summed E-state index contributed by atoms with van der Waals surface area (Å²) in [5.74, 6) is 0. The molecule has 2 aromatic rings. The summed E-state index contributed by atoms with van der Waals surface area (Å²) in [5.41, 5.74) is 1.35. The highest BCUT2D eigenvalue weighted by atomic mass is 16.6. The van der Waals surface area contributed by atoms with Crippen molar-refractivity contribution >= 4 is 10.8 Å². The lowest BCUT2D eigenvalue weighted by Gasteiger charge is -2.03. The van der Waals surface area contributed by atoms with Crippen LogP contribution < -0.4 is 0 Å². The zero-order valence-corrected chi connectivity index (χ0v) is 7.81. The average Bonchev–Trinajstić information content (AvgIpc) is 3.03. The van der Waals surface area contributed by atoms with Crippen molar-refractivity contribution in [2.45, 2.75) is 12.5 Å². The minimum atomic E-state index is 0.445. The number of aromatic nitrogens is 1. The molecule has 1 atom stereocenters. The van der Waals surface area contributed by atoms with Gasteiger partial charge in [-0.25, -0.2) is 0 Å². The molecule has 2 heteroatoms. The molecule has 0 N–H and O–H groups in total. The SMILES string of the molecule is c1cc(CC2CO2)c2cnccc2c1. The fourth-order valence-electron chi connectivity index (χ4n) is 1.79. The molecule has 1 fully saturated rings. The molecule has 2 heterocycles. The first kappa shape index (κ1) is 7.94. The van der Waals surface area contributed by atoms with E-state index in [4.69, 9.17) is 4.74 Å². The third-order valence-corrected chi connectivity index (χ3v) is 2.62. The van der Waals surface area contributed by atoms with E-state index in [-0.39, 0.29) is 0 Å². The number of hydrogen-bond acceptors (Lipinski definition) is 2. The second-order valence-corrected chi connectivity index (χ2v) is 3.67. The number of epoxide rings is 1. The lowest BCUT2D eigenvalue weighted by molar-refractivity contribution is 0.408. The van der Waals surface area contributed by atoms with Gasteiger partial charge in [0.15, 0.2) is 0 Å². The number of fused-ring (bicyclic) bond motifs is 1. The molecule has 0 amide bonds. The van der Waals surface area contributed by atoms with Crippen molar-refractivity contribution in [3.8, 4) is 0 Å². The predicted octanol–water partition coefficient (Wildman–Crippen LogP) is 2.18. The minimum absolute atomic E-state index is 0.445. The molecule has 70 valence electrons. The van der Waals surface area contributed by atoms with Gasteiger partial charge < -0.3 is 4.74 Å². The van der Waals surface area contributed by atoms with Gasteiger partial charge in [0.1, 0.15) is 0 Å². The van der Waals surface area contributed by atoms with Gasteiger partial charge in [-0.15, -0.1) is 0 Å². The van der Waals surface area contributed by atoms with E-state index in [2.05, 4.69) is 23.2 Å². The molecule has 0 bridgehead atoms. The van der Waals surface area contributed by atoms with Crippen molar-refractivity contribution in [2.75, 3.05) is 6.61 Å². The number of nitrogens with zero attached hydrogens (tertiary/aromatic N) is 1. The summed E-state index contributed by atoms with van der Waals surface area (Å²) < 4.78 is 5.24. The lowest BCUT2D eigenvalue weighted by Crippen LogP contribution is -1.94. The van der Waals surface area contributed by atoms with Crippen molar-refractivity contribution < 1.29 is 4.74 Å². The Morgan fingerprint density at radius 3 is 3.14 bits per heavy atom. The van der Waals surface area contributed by atoms with Gasteiger partial charge in [0.2, 0.25) is 0 Å². The van der Waals surface area contributed by atoms with Crippen LogP contribution in [0.1, 0.15) is 5.56 Å². The van der Waals surface area contributed by atoms with E-state index in [0.29, 0.717) is 6.10 Å². The highest BCUT2D eigenvalue weighted by Gasteiger charge is 2.23. The van der Waals surface area contributed by atoms with Gasteiger partial charge in [-0.1, -0.05) is 18.2 Å². The molecule has 1 aliphatic heterocycles. The molecule has 14 heavy (non-hydrogen) atoms. The van der Waals surface area contributed by atoms with Gasteiger partial charge in [-0.3, -0.25) is 4.98 Å². The van der Waals surface area contributed by atoms with Gasteiger partial charge in [0.05, 0.1) is 12.7 Å². The summed E-state index contributed by atoms with van der Waals surface area (Å²) in [6, 6.07) is 8.42. The van der Waals surface area contributed by atoms with Gasteiger partial charge in [0, 0.05) is 24.2 Å². The van der Waals surface area contributed by atoms with Crippen molar-refractivity contribution in [1.29, 1.82) is 0 Å². The van der Waals surface area contributed by atoms with Gasteiger partial charge in [-0.05, 0) is 17.0 Å². The van der Waals surface area contributed by atoms with Gasteiger partial charge in [-0.2, -0.15) is 0 Å². The fraction of sp³-hybridized carbons (Fsp3) is 0.250. The fourth-order valence-corrected chi connectivity index (χ4v) is 1.79. The Bertz CT molecular complexity index is 457. The van der Waals surface area contributed by atoms with Crippen LogP contribution >= 0.6 is 0 Å². The van der Waals surface area contributed by atoms with Crippen LogP contribution in [-0.4, -0.2) is 17.7 Å². The molecule has 1 aromatic carbocycles. The molecule has 1 aliphatic rings. The molecule has 0 saturated carbocycles. The highest BCUT2D eigenvalue weighted by molar-refractivity contribution is 5.84.